The summed E-state index contributed by atoms with van der Waals surface area (Å²) in [6.07, 6.45) is 14.2. The van der Waals surface area contributed by atoms with Gasteiger partial charge in [-0.05, 0) is 25.7 Å². The quantitative estimate of drug-likeness (QED) is 0.249. The van der Waals surface area contributed by atoms with E-state index in [1.165, 1.54) is 25.7 Å². The van der Waals surface area contributed by atoms with Gasteiger partial charge in [-0.15, -0.1) is 0 Å². The Morgan fingerprint density at radius 2 is 1.61 bits per heavy atom. The summed E-state index contributed by atoms with van der Waals surface area (Å²) in [6, 6.07) is 0. The summed E-state index contributed by atoms with van der Waals surface area (Å²) in [7, 11) is 0. The van der Waals surface area contributed by atoms with Gasteiger partial charge in [0.15, 0.2) is 0 Å². The number of rotatable bonds is 16. The van der Waals surface area contributed by atoms with E-state index < -0.39 is 5.97 Å². The number of carboxylic acids is 1. The van der Waals surface area contributed by atoms with Crippen LogP contribution in [0.1, 0.15) is 84.0 Å². The van der Waals surface area contributed by atoms with Gasteiger partial charge in [0.25, 0.3) is 0 Å². The van der Waals surface area contributed by atoms with Crippen LogP contribution in [0, 0.1) is 0 Å². The summed E-state index contributed by atoms with van der Waals surface area (Å²) in [5, 5.41) is 14.4. The Balaban J connectivity index is 3.72. The third-order valence-corrected chi connectivity index (χ3v) is 3.84. The molecule has 0 aliphatic carbocycles. The molecule has 0 heterocycles. The zero-order valence-corrected chi connectivity index (χ0v) is 14.8. The number of allylic oxidation sites excluding steroid dienone is 1. The molecule has 0 amide bonds. The van der Waals surface area contributed by atoms with Gasteiger partial charge in [0.05, 0.1) is 0 Å². The smallest absolute Gasteiger partial charge is 0.303 e. The van der Waals surface area contributed by atoms with Crippen molar-refractivity contribution in [2.24, 2.45) is 10.8 Å². The van der Waals surface area contributed by atoms with E-state index in [9.17, 15) is 4.79 Å². The van der Waals surface area contributed by atoms with E-state index in [2.05, 4.69) is 18.7 Å². The first-order chi connectivity index (χ1) is 11.1. The van der Waals surface area contributed by atoms with Crippen LogP contribution < -0.4 is 5.73 Å². The molecular weight excluding hydrogens is 290 g/mol. The molecular formula is C18H35N3O2. The fourth-order valence-corrected chi connectivity index (χ4v) is 2.45. The fourth-order valence-electron chi connectivity index (χ4n) is 2.45. The lowest BCUT2D eigenvalue weighted by atomic mass is 10.1. The number of unbranched alkanes of at least 4 members (excludes halogenated alkanes) is 8. The molecule has 0 aliphatic heterocycles. The second-order valence-electron chi connectivity index (χ2n) is 6.08. The Bertz CT molecular complexity index is 343. The zero-order chi connectivity index (χ0) is 17.3. The monoisotopic (exact) mass is 325 g/mol. The van der Waals surface area contributed by atoms with Crippen molar-refractivity contribution in [3.05, 3.63) is 11.9 Å². The van der Waals surface area contributed by atoms with Crippen molar-refractivity contribution < 1.29 is 9.90 Å². The maximum absolute atomic E-state index is 10.4. The molecule has 5 heteroatoms. The van der Waals surface area contributed by atoms with Crippen LogP contribution in [0.3, 0.4) is 0 Å². The van der Waals surface area contributed by atoms with Crippen LogP contribution in [-0.2, 0) is 4.79 Å². The second kappa shape index (κ2) is 15.4. The maximum atomic E-state index is 10.4. The SMILES string of the molecule is C=NN(/C=C(\N)CCCCCCC)CCCCCCCC(=O)O. The number of aliphatic carboxylic acids is 1. The molecule has 0 aliphatic rings. The molecule has 0 bridgehead atoms. The Morgan fingerprint density at radius 3 is 2.22 bits per heavy atom. The number of hydrazone groups is 1. The molecule has 5 nitrogen and oxygen atoms in total. The lowest BCUT2D eigenvalue weighted by Crippen LogP contribution is -2.14. The van der Waals surface area contributed by atoms with Crippen LogP contribution in [0.2, 0.25) is 0 Å². The van der Waals surface area contributed by atoms with Crippen molar-refractivity contribution in [1.82, 2.24) is 5.01 Å². The van der Waals surface area contributed by atoms with Crippen LogP contribution in [0.4, 0.5) is 0 Å². The third-order valence-electron chi connectivity index (χ3n) is 3.84. The first-order valence-corrected chi connectivity index (χ1v) is 9.01. The molecule has 0 radical (unpaired) electrons. The molecule has 134 valence electrons. The number of carboxylic acid groups (broad SMARTS) is 1. The van der Waals surface area contributed by atoms with E-state index in [-0.39, 0.29) is 6.42 Å². The largest absolute Gasteiger partial charge is 0.481 e. The molecule has 0 fully saturated rings. The van der Waals surface area contributed by atoms with Crippen LogP contribution in [0.5, 0.6) is 0 Å². The van der Waals surface area contributed by atoms with Crippen molar-refractivity contribution in [2.75, 3.05) is 6.54 Å². The molecule has 3 N–H and O–H groups in total. The highest BCUT2D eigenvalue weighted by molar-refractivity contribution is 5.66. The fraction of sp³-hybridized carbons (Fsp3) is 0.778. The maximum Gasteiger partial charge on any atom is 0.303 e. The number of carbonyl (C=O) groups is 1. The molecule has 0 rings (SSSR count). The molecule has 0 aromatic rings. The van der Waals surface area contributed by atoms with Crippen LogP contribution >= 0.6 is 0 Å². The molecule has 0 aromatic carbocycles. The van der Waals surface area contributed by atoms with Gasteiger partial charge in [0, 0.05) is 31.6 Å². The van der Waals surface area contributed by atoms with Gasteiger partial charge < -0.3 is 10.8 Å². The molecule has 0 saturated carbocycles. The van der Waals surface area contributed by atoms with E-state index in [0.717, 1.165) is 57.2 Å². The first-order valence-electron chi connectivity index (χ1n) is 9.01. The summed E-state index contributed by atoms with van der Waals surface area (Å²) < 4.78 is 0. The highest BCUT2D eigenvalue weighted by Crippen LogP contribution is 2.10. The lowest BCUT2D eigenvalue weighted by Gasteiger charge is -2.15. The van der Waals surface area contributed by atoms with Crippen molar-refractivity contribution >= 4 is 12.7 Å². The molecule has 23 heavy (non-hydrogen) atoms. The van der Waals surface area contributed by atoms with Crippen molar-refractivity contribution in [1.29, 1.82) is 0 Å². The van der Waals surface area contributed by atoms with Crippen molar-refractivity contribution in [3.63, 3.8) is 0 Å². The number of nitrogens with two attached hydrogens (primary N) is 1. The third kappa shape index (κ3) is 15.2. The minimum atomic E-state index is -0.706. The summed E-state index contributed by atoms with van der Waals surface area (Å²) in [4.78, 5) is 10.4. The zero-order valence-electron chi connectivity index (χ0n) is 14.8. The highest BCUT2D eigenvalue weighted by atomic mass is 16.4. The topological polar surface area (TPSA) is 78.9 Å². The van der Waals surface area contributed by atoms with Crippen molar-refractivity contribution in [3.8, 4) is 0 Å². The predicted octanol–water partition coefficient (Wildman–Crippen LogP) is 4.49. The van der Waals surface area contributed by atoms with Gasteiger partial charge in [-0.2, -0.15) is 5.10 Å². The Labute approximate surface area is 141 Å². The Morgan fingerprint density at radius 1 is 1.04 bits per heavy atom. The van der Waals surface area contributed by atoms with Gasteiger partial charge in [-0.25, -0.2) is 0 Å². The summed E-state index contributed by atoms with van der Waals surface area (Å²) in [5.74, 6) is -0.706. The molecule has 0 spiro atoms. The Hall–Kier alpha value is -1.52. The lowest BCUT2D eigenvalue weighted by molar-refractivity contribution is -0.137. The summed E-state index contributed by atoms with van der Waals surface area (Å²) in [6.45, 7) is 6.63. The molecule has 0 unspecified atom stereocenters. The summed E-state index contributed by atoms with van der Waals surface area (Å²) >= 11 is 0. The van der Waals surface area contributed by atoms with E-state index >= 15 is 0 Å². The molecule has 0 atom stereocenters. The first kappa shape index (κ1) is 21.5. The van der Waals surface area contributed by atoms with Gasteiger partial charge in [0.2, 0.25) is 0 Å². The Kier molecular flexibility index (Phi) is 14.4. The second-order valence-corrected chi connectivity index (χ2v) is 6.08. The number of hydrogen-bond donors (Lipinski definition) is 2. The summed E-state index contributed by atoms with van der Waals surface area (Å²) in [5.41, 5.74) is 6.91. The average molecular weight is 325 g/mol. The van der Waals surface area contributed by atoms with Crippen LogP contribution in [0.15, 0.2) is 17.0 Å². The van der Waals surface area contributed by atoms with E-state index in [1.807, 2.05) is 11.2 Å². The number of nitrogens with zero attached hydrogens (tertiary/aromatic N) is 2. The minimum Gasteiger partial charge on any atom is -0.481 e. The van der Waals surface area contributed by atoms with E-state index in [0.29, 0.717) is 0 Å². The standard InChI is InChI=1S/C18H35N3O2/c1-3-4-5-7-10-13-17(19)16-21(20-2)15-12-9-6-8-11-14-18(22)23/h16H,2-15,19H2,1H3,(H,22,23)/b17-16-. The number of hydrogen-bond acceptors (Lipinski definition) is 4. The molecule has 0 aromatic heterocycles. The normalized spacial score (nSPS) is 11.4. The van der Waals surface area contributed by atoms with Crippen LogP contribution in [0.25, 0.3) is 0 Å². The highest BCUT2D eigenvalue weighted by Gasteiger charge is 2.00. The van der Waals surface area contributed by atoms with E-state index in [1.54, 1.807) is 0 Å². The van der Waals surface area contributed by atoms with E-state index in [4.69, 9.17) is 10.8 Å². The van der Waals surface area contributed by atoms with Crippen LogP contribution in [-0.4, -0.2) is 29.3 Å². The average Bonchev–Trinajstić information content (AvgIpc) is 2.52. The minimum absolute atomic E-state index is 0.276. The van der Waals surface area contributed by atoms with Gasteiger partial charge in [-0.3, -0.25) is 9.80 Å². The predicted molar refractivity (Wildman–Crippen MR) is 97.2 cm³/mol. The van der Waals surface area contributed by atoms with Gasteiger partial charge in [-0.1, -0.05) is 51.9 Å². The van der Waals surface area contributed by atoms with Gasteiger partial charge in [0.1, 0.15) is 0 Å². The van der Waals surface area contributed by atoms with Crippen molar-refractivity contribution in [2.45, 2.75) is 84.0 Å². The van der Waals surface area contributed by atoms with Gasteiger partial charge >= 0.3 is 5.97 Å². The molecule has 0 saturated heterocycles.